The molecule has 0 aromatic rings. The van der Waals surface area contributed by atoms with Gasteiger partial charge in [0.05, 0.1) is 11.9 Å². The van der Waals surface area contributed by atoms with Crippen LogP contribution in [0.3, 0.4) is 0 Å². The summed E-state index contributed by atoms with van der Waals surface area (Å²) in [5.74, 6) is 0.545. The maximum Gasteiger partial charge on any atom is 0.211 e. The van der Waals surface area contributed by atoms with E-state index in [1.165, 1.54) is 0 Å². The van der Waals surface area contributed by atoms with Gasteiger partial charge in [-0.3, -0.25) is 0 Å². The number of unbranched alkanes of at least 4 members (excludes halogenated alkanes) is 1. The minimum atomic E-state index is -3.12. The van der Waals surface area contributed by atoms with Crippen LogP contribution in [0, 0.1) is 5.92 Å². The Morgan fingerprint density at radius 2 is 2.05 bits per heavy atom. The highest BCUT2D eigenvalue weighted by atomic mass is 32.2. The highest BCUT2D eigenvalue weighted by Crippen LogP contribution is 2.19. The molecule has 2 unspecified atom stereocenters. The lowest BCUT2D eigenvalue weighted by Crippen LogP contribution is -2.33. The van der Waals surface area contributed by atoms with Crippen molar-refractivity contribution in [1.82, 2.24) is 10.0 Å². The first-order valence-electron chi connectivity index (χ1n) is 7.35. The lowest BCUT2D eigenvalue weighted by atomic mass is 10.0. The molecule has 0 aliphatic carbocycles. The van der Waals surface area contributed by atoms with Crippen molar-refractivity contribution in [3.63, 3.8) is 0 Å². The first-order valence-corrected chi connectivity index (χ1v) is 9.00. The van der Waals surface area contributed by atoms with E-state index in [4.69, 9.17) is 4.74 Å². The third-order valence-corrected chi connectivity index (χ3v) is 4.97. The van der Waals surface area contributed by atoms with E-state index in [1.54, 1.807) is 0 Å². The summed E-state index contributed by atoms with van der Waals surface area (Å²) in [5.41, 5.74) is 0. The largest absolute Gasteiger partial charge is 0.378 e. The van der Waals surface area contributed by atoms with Crippen molar-refractivity contribution in [2.45, 2.75) is 45.6 Å². The number of hydrogen-bond acceptors (Lipinski definition) is 4. The number of nitrogens with one attached hydrogen (secondary N) is 2. The average molecular weight is 292 g/mol. The summed E-state index contributed by atoms with van der Waals surface area (Å²) in [6.07, 6.45) is 3.85. The standard InChI is InChI=1S/C13H28N2O3S/c1-3-7-14-8-4-5-10-19(16,17)15-11-13-6-9-18-12(13)2/h12-15H,3-11H2,1-2H3. The molecule has 6 heteroatoms. The Balaban J connectivity index is 2.10. The topological polar surface area (TPSA) is 67.4 Å². The van der Waals surface area contributed by atoms with Crippen LogP contribution in [-0.4, -0.2) is 46.5 Å². The van der Waals surface area contributed by atoms with Crippen LogP contribution in [0.25, 0.3) is 0 Å². The van der Waals surface area contributed by atoms with Crippen molar-refractivity contribution < 1.29 is 13.2 Å². The Bertz CT molecular complexity index is 333. The van der Waals surface area contributed by atoms with Gasteiger partial charge in [0.25, 0.3) is 0 Å². The summed E-state index contributed by atoms with van der Waals surface area (Å²) in [7, 11) is -3.12. The molecule has 114 valence electrons. The Morgan fingerprint density at radius 3 is 2.68 bits per heavy atom. The molecule has 0 aromatic heterocycles. The summed E-state index contributed by atoms with van der Waals surface area (Å²) < 4.78 is 31.7. The van der Waals surface area contributed by atoms with Gasteiger partial charge in [-0.1, -0.05) is 6.92 Å². The highest BCUT2D eigenvalue weighted by molar-refractivity contribution is 7.89. The molecule has 19 heavy (non-hydrogen) atoms. The minimum Gasteiger partial charge on any atom is -0.378 e. The minimum absolute atomic E-state index is 0.168. The summed E-state index contributed by atoms with van der Waals surface area (Å²) in [6.45, 7) is 7.29. The van der Waals surface area contributed by atoms with Gasteiger partial charge in [0.1, 0.15) is 0 Å². The molecule has 0 bridgehead atoms. The van der Waals surface area contributed by atoms with Crippen LogP contribution in [0.2, 0.25) is 0 Å². The lowest BCUT2D eigenvalue weighted by molar-refractivity contribution is 0.107. The normalized spacial score (nSPS) is 23.9. The fourth-order valence-corrected chi connectivity index (χ4v) is 3.39. The van der Waals surface area contributed by atoms with Crippen molar-refractivity contribution in [2.75, 3.05) is 32.0 Å². The smallest absolute Gasteiger partial charge is 0.211 e. The molecule has 0 aromatic carbocycles. The third kappa shape index (κ3) is 7.25. The Morgan fingerprint density at radius 1 is 1.26 bits per heavy atom. The van der Waals surface area contributed by atoms with Gasteiger partial charge in [-0.25, -0.2) is 13.1 Å². The van der Waals surface area contributed by atoms with E-state index in [0.29, 0.717) is 18.9 Å². The molecule has 1 aliphatic rings. The molecule has 0 radical (unpaired) electrons. The molecule has 1 heterocycles. The van der Waals surface area contributed by atoms with E-state index in [-0.39, 0.29) is 11.9 Å². The maximum atomic E-state index is 11.8. The van der Waals surface area contributed by atoms with E-state index >= 15 is 0 Å². The van der Waals surface area contributed by atoms with Crippen molar-refractivity contribution in [2.24, 2.45) is 5.92 Å². The first kappa shape index (κ1) is 16.9. The van der Waals surface area contributed by atoms with Crippen molar-refractivity contribution >= 4 is 10.0 Å². The van der Waals surface area contributed by atoms with Crippen LogP contribution >= 0.6 is 0 Å². The predicted molar refractivity (Wildman–Crippen MR) is 77.7 cm³/mol. The molecule has 0 saturated carbocycles. The van der Waals surface area contributed by atoms with Crippen LogP contribution in [0.4, 0.5) is 0 Å². The highest BCUT2D eigenvalue weighted by Gasteiger charge is 2.25. The lowest BCUT2D eigenvalue weighted by Gasteiger charge is -2.14. The molecule has 2 atom stereocenters. The van der Waals surface area contributed by atoms with Gasteiger partial charge in [0, 0.05) is 19.1 Å². The van der Waals surface area contributed by atoms with E-state index in [2.05, 4.69) is 17.0 Å². The van der Waals surface area contributed by atoms with E-state index in [0.717, 1.165) is 39.0 Å². The zero-order valence-corrected chi connectivity index (χ0v) is 13.0. The molecule has 2 N–H and O–H groups in total. The number of rotatable bonds is 10. The average Bonchev–Trinajstić information content (AvgIpc) is 2.77. The van der Waals surface area contributed by atoms with Crippen molar-refractivity contribution in [1.29, 1.82) is 0 Å². The van der Waals surface area contributed by atoms with Gasteiger partial charge >= 0.3 is 0 Å². The van der Waals surface area contributed by atoms with Crippen molar-refractivity contribution in [3.8, 4) is 0 Å². The molecular weight excluding hydrogens is 264 g/mol. The Kier molecular flexibility index (Phi) is 7.90. The van der Waals surface area contributed by atoms with Crippen LogP contribution < -0.4 is 10.0 Å². The Labute approximate surface area is 117 Å². The summed E-state index contributed by atoms with van der Waals surface area (Å²) >= 11 is 0. The van der Waals surface area contributed by atoms with Crippen molar-refractivity contribution in [3.05, 3.63) is 0 Å². The van der Waals surface area contributed by atoms with E-state index in [9.17, 15) is 8.42 Å². The van der Waals surface area contributed by atoms with E-state index in [1.807, 2.05) is 6.92 Å². The van der Waals surface area contributed by atoms with E-state index < -0.39 is 10.0 Å². The first-order chi connectivity index (χ1) is 9.05. The van der Waals surface area contributed by atoms with Crippen LogP contribution in [-0.2, 0) is 14.8 Å². The molecule has 5 nitrogen and oxygen atoms in total. The SMILES string of the molecule is CCCNCCCCS(=O)(=O)NCC1CCOC1C. The summed E-state index contributed by atoms with van der Waals surface area (Å²) in [5, 5.41) is 3.27. The molecule has 0 amide bonds. The fraction of sp³-hybridized carbons (Fsp3) is 1.00. The van der Waals surface area contributed by atoms with Crippen LogP contribution in [0.5, 0.6) is 0 Å². The van der Waals surface area contributed by atoms with Crippen LogP contribution in [0.1, 0.15) is 39.5 Å². The number of hydrogen-bond donors (Lipinski definition) is 2. The van der Waals surface area contributed by atoms with Gasteiger partial charge in [-0.2, -0.15) is 0 Å². The second kappa shape index (κ2) is 8.89. The quantitative estimate of drug-likeness (QED) is 0.592. The second-order valence-electron chi connectivity index (χ2n) is 5.25. The van der Waals surface area contributed by atoms with Crippen LogP contribution in [0.15, 0.2) is 0 Å². The van der Waals surface area contributed by atoms with Gasteiger partial charge in [0.15, 0.2) is 0 Å². The molecule has 1 saturated heterocycles. The fourth-order valence-electron chi connectivity index (χ4n) is 2.19. The second-order valence-corrected chi connectivity index (χ2v) is 7.18. The molecular formula is C13H28N2O3S. The third-order valence-electron chi connectivity index (χ3n) is 3.54. The molecule has 1 fully saturated rings. The number of sulfonamides is 1. The summed E-state index contributed by atoms with van der Waals surface area (Å²) in [4.78, 5) is 0. The number of ether oxygens (including phenoxy) is 1. The zero-order valence-electron chi connectivity index (χ0n) is 12.2. The zero-order chi connectivity index (χ0) is 14.1. The van der Waals surface area contributed by atoms with Gasteiger partial charge < -0.3 is 10.1 Å². The predicted octanol–water partition coefficient (Wildman–Crippen LogP) is 1.11. The Hall–Kier alpha value is -0.170. The molecule has 1 rings (SSSR count). The summed E-state index contributed by atoms with van der Waals surface area (Å²) in [6, 6.07) is 0. The van der Waals surface area contributed by atoms with Gasteiger partial charge in [0.2, 0.25) is 10.0 Å². The maximum absolute atomic E-state index is 11.8. The van der Waals surface area contributed by atoms with Gasteiger partial charge in [-0.15, -0.1) is 0 Å². The monoisotopic (exact) mass is 292 g/mol. The molecule has 0 spiro atoms. The molecule has 1 aliphatic heterocycles. The van der Waals surface area contributed by atoms with Gasteiger partial charge in [-0.05, 0) is 45.7 Å².